The first-order valence-corrected chi connectivity index (χ1v) is 11.3. The van der Waals surface area contributed by atoms with Crippen molar-refractivity contribution in [3.8, 4) is 0 Å². The van der Waals surface area contributed by atoms with Crippen LogP contribution in [0.1, 0.15) is 94.6 Å². The number of allylic oxidation sites excluding steroid dienone is 3. The predicted molar refractivity (Wildman–Crippen MR) is 119 cm³/mol. The number of carbonyl (C=O) groups is 1. The molecule has 0 unspecified atom stereocenters. The van der Waals surface area contributed by atoms with Crippen LogP contribution in [0.2, 0.25) is 0 Å². The van der Waals surface area contributed by atoms with Crippen molar-refractivity contribution in [2.24, 2.45) is 5.92 Å². The van der Waals surface area contributed by atoms with Crippen LogP contribution >= 0.6 is 0 Å². The Kier molecular flexibility index (Phi) is 10.7. The van der Waals surface area contributed by atoms with Gasteiger partial charge in [-0.3, -0.25) is 0 Å². The molecule has 0 bridgehead atoms. The zero-order valence-corrected chi connectivity index (χ0v) is 17.6. The quantitative estimate of drug-likeness (QED) is 0.231. The van der Waals surface area contributed by atoms with Crippen LogP contribution in [-0.4, -0.2) is 11.1 Å². The standard InChI is InChI=1S/C26H38O2/c1-2-3-4-5-8-11-22-14-18-24(19-15-22)25-20-16-23(17-21-25)12-9-6-7-10-13-26(27)28/h6-7,10,13,16-17,20-22,24H,2-5,8-9,11-12,14-15,18-19H2,1H3,(H,27,28)/b7-6+,13-10+/t22-,24-. The fraction of sp³-hybridized carbons (Fsp3) is 0.577. The number of hydrogen-bond acceptors (Lipinski definition) is 1. The summed E-state index contributed by atoms with van der Waals surface area (Å²) in [5.41, 5.74) is 2.88. The number of hydrogen-bond donors (Lipinski definition) is 1. The van der Waals surface area contributed by atoms with E-state index in [1.165, 1.54) is 75.3 Å². The molecule has 2 heteroatoms. The van der Waals surface area contributed by atoms with E-state index in [0.717, 1.165) is 30.8 Å². The molecule has 1 aliphatic rings. The van der Waals surface area contributed by atoms with E-state index < -0.39 is 5.97 Å². The van der Waals surface area contributed by atoms with Gasteiger partial charge in [-0.15, -0.1) is 0 Å². The summed E-state index contributed by atoms with van der Waals surface area (Å²) in [7, 11) is 0. The Labute approximate surface area is 171 Å². The highest BCUT2D eigenvalue weighted by Gasteiger charge is 2.21. The molecule has 1 aromatic carbocycles. The summed E-state index contributed by atoms with van der Waals surface area (Å²) in [4.78, 5) is 10.4. The Morgan fingerprint density at radius 1 is 1.00 bits per heavy atom. The maximum Gasteiger partial charge on any atom is 0.328 e. The van der Waals surface area contributed by atoms with Crippen molar-refractivity contribution in [1.29, 1.82) is 0 Å². The third kappa shape index (κ3) is 8.91. The van der Waals surface area contributed by atoms with Crippen LogP contribution in [0, 0.1) is 5.92 Å². The van der Waals surface area contributed by atoms with Crippen molar-refractivity contribution in [3.05, 3.63) is 59.7 Å². The van der Waals surface area contributed by atoms with Gasteiger partial charge in [-0.1, -0.05) is 87.9 Å². The second-order valence-electron chi connectivity index (χ2n) is 8.33. The topological polar surface area (TPSA) is 37.3 Å². The highest BCUT2D eigenvalue weighted by molar-refractivity contribution is 5.80. The Balaban J connectivity index is 1.66. The van der Waals surface area contributed by atoms with Crippen molar-refractivity contribution in [3.63, 3.8) is 0 Å². The van der Waals surface area contributed by atoms with Gasteiger partial charge in [-0.25, -0.2) is 4.79 Å². The number of carboxylic acids is 1. The van der Waals surface area contributed by atoms with Gasteiger partial charge in [0.25, 0.3) is 0 Å². The van der Waals surface area contributed by atoms with Crippen molar-refractivity contribution < 1.29 is 9.90 Å². The van der Waals surface area contributed by atoms with Gasteiger partial charge < -0.3 is 5.11 Å². The van der Waals surface area contributed by atoms with E-state index in [4.69, 9.17) is 5.11 Å². The number of aryl methyl sites for hydroxylation is 1. The normalized spacial score (nSPS) is 20.2. The Morgan fingerprint density at radius 2 is 1.71 bits per heavy atom. The predicted octanol–water partition coefficient (Wildman–Crippen LogP) is 7.45. The average molecular weight is 383 g/mol. The second-order valence-corrected chi connectivity index (χ2v) is 8.33. The molecule has 0 atom stereocenters. The smallest absolute Gasteiger partial charge is 0.328 e. The van der Waals surface area contributed by atoms with Gasteiger partial charge in [0, 0.05) is 6.08 Å². The van der Waals surface area contributed by atoms with Crippen LogP contribution in [0.5, 0.6) is 0 Å². The summed E-state index contributed by atoms with van der Waals surface area (Å²) in [5, 5.41) is 8.54. The molecule has 0 spiro atoms. The molecule has 0 aliphatic heterocycles. The molecular formula is C26H38O2. The maximum absolute atomic E-state index is 10.4. The first kappa shape index (κ1) is 22.5. The van der Waals surface area contributed by atoms with Crippen LogP contribution in [0.4, 0.5) is 0 Å². The second kappa shape index (κ2) is 13.4. The van der Waals surface area contributed by atoms with E-state index in [1.54, 1.807) is 6.08 Å². The van der Waals surface area contributed by atoms with Gasteiger partial charge in [0.2, 0.25) is 0 Å². The zero-order chi connectivity index (χ0) is 20.0. The Bertz CT molecular complexity index is 604. The number of aliphatic carboxylic acids is 1. The lowest BCUT2D eigenvalue weighted by molar-refractivity contribution is -0.131. The van der Waals surface area contributed by atoms with E-state index in [2.05, 4.69) is 31.2 Å². The monoisotopic (exact) mass is 382 g/mol. The Morgan fingerprint density at radius 3 is 2.39 bits per heavy atom. The van der Waals surface area contributed by atoms with Gasteiger partial charge in [0.05, 0.1) is 0 Å². The summed E-state index contributed by atoms with van der Waals surface area (Å²) in [6, 6.07) is 9.21. The molecular weight excluding hydrogens is 344 g/mol. The van der Waals surface area contributed by atoms with Crippen molar-refractivity contribution in [1.82, 2.24) is 0 Å². The minimum atomic E-state index is -0.902. The minimum Gasteiger partial charge on any atom is -0.478 e. The van der Waals surface area contributed by atoms with Crippen molar-refractivity contribution in [2.75, 3.05) is 0 Å². The minimum absolute atomic E-state index is 0.756. The van der Waals surface area contributed by atoms with Gasteiger partial charge in [-0.05, 0) is 61.5 Å². The average Bonchev–Trinajstić information content (AvgIpc) is 2.71. The molecule has 1 fully saturated rings. The molecule has 1 N–H and O–H groups in total. The molecule has 1 aliphatic carbocycles. The van der Waals surface area contributed by atoms with Crippen LogP contribution in [-0.2, 0) is 11.2 Å². The molecule has 28 heavy (non-hydrogen) atoms. The van der Waals surface area contributed by atoms with Crippen LogP contribution in [0.25, 0.3) is 0 Å². The van der Waals surface area contributed by atoms with Gasteiger partial charge >= 0.3 is 5.97 Å². The van der Waals surface area contributed by atoms with E-state index in [1.807, 2.05) is 12.2 Å². The molecule has 0 saturated heterocycles. The SMILES string of the molecule is CCCCCCC[C@H]1CC[C@H](c2ccc(CC/C=C/C=C/C(=O)O)cc2)CC1. The van der Waals surface area contributed by atoms with E-state index >= 15 is 0 Å². The lowest BCUT2D eigenvalue weighted by atomic mass is 9.77. The number of carboxylic acid groups (broad SMARTS) is 1. The molecule has 0 amide bonds. The highest BCUT2D eigenvalue weighted by atomic mass is 16.4. The molecule has 0 radical (unpaired) electrons. The first-order valence-electron chi connectivity index (χ1n) is 11.3. The molecule has 2 rings (SSSR count). The molecule has 1 aromatic rings. The van der Waals surface area contributed by atoms with Crippen molar-refractivity contribution in [2.45, 2.75) is 89.9 Å². The maximum atomic E-state index is 10.4. The summed E-state index contributed by atoms with van der Waals surface area (Å²) in [6.07, 6.45) is 22.5. The van der Waals surface area contributed by atoms with E-state index in [9.17, 15) is 4.79 Å². The number of benzene rings is 1. The zero-order valence-electron chi connectivity index (χ0n) is 17.6. The fourth-order valence-electron chi connectivity index (χ4n) is 4.34. The molecule has 0 heterocycles. The fourth-order valence-corrected chi connectivity index (χ4v) is 4.34. The lowest BCUT2D eigenvalue weighted by Crippen LogP contribution is -2.13. The number of unbranched alkanes of at least 4 members (excludes halogenated alkanes) is 4. The van der Waals surface area contributed by atoms with Crippen molar-refractivity contribution >= 4 is 5.97 Å². The van der Waals surface area contributed by atoms with E-state index in [0.29, 0.717) is 0 Å². The third-order valence-electron chi connectivity index (χ3n) is 6.10. The number of rotatable bonds is 12. The van der Waals surface area contributed by atoms with Gasteiger partial charge in [-0.2, -0.15) is 0 Å². The largest absolute Gasteiger partial charge is 0.478 e. The third-order valence-corrected chi connectivity index (χ3v) is 6.10. The van der Waals surface area contributed by atoms with Crippen LogP contribution in [0.15, 0.2) is 48.6 Å². The molecule has 154 valence electrons. The summed E-state index contributed by atoms with van der Waals surface area (Å²) in [6.45, 7) is 2.29. The highest BCUT2D eigenvalue weighted by Crippen LogP contribution is 2.37. The molecule has 2 nitrogen and oxygen atoms in total. The van der Waals surface area contributed by atoms with Gasteiger partial charge in [0.1, 0.15) is 0 Å². The van der Waals surface area contributed by atoms with E-state index in [-0.39, 0.29) is 0 Å². The summed E-state index contributed by atoms with van der Waals surface area (Å²) in [5.74, 6) is 0.826. The van der Waals surface area contributed by atoms with Crippen LogP contribution < -0.4 is 0 Å². The molecule has 0 aromatic heterocycles. The van der Waals surface area contributed by atoms with Crippen LogP contribution in [0.3, 0.4) is 0 Å². The molecule has 1 saturated carbocycles. The Hall–Kier alpha value is -1.83. The first-order chi connectivity index (χ1) is 13.7. The summed E-state index contributed by atoms with van der Waals surface area (Å²) >= 11 is 0. The lowest BCUT2D eigenvalue weighted by Gasteiger charge is -2.29. The summed E-state index contributed by atoms with van der Waals surface area (Å²) < 4.78 is 0. The van der Waals surface area contributed by atoms with Gasteiger partial charge in [0.15, 0.2) is 0 Å².